The topological polar surface area (TPSA) is 78.7 Å². The molecule has 24 heavy (non-hydrogen) atoms. The van der Waals surface area contributed by atoms with Crippen LogP contribution in [0.4, 0.5) is 13.2 Å². The molecule has 0 radical (unpaired) electrons. The van der Waals surface area contributed by atoms with Crippen LogP contribution < -0.4 is 0 Å². The number of alkyl halides is 3. The van der Waals surface area contributed by atoms with Gasteiger partial charge >= 0.3 is 12.1 Å². The maximum atomic E-state index is 11.9. The minimum absolute atomic E-state index is 0.0294. The molecule has 10 heteroatoms. The molecule has 1 aliphatic heterocycles. The summed E-state index contributed by atoms with van der Waals surface area (Å²) in [5, 5.41) is 7.12. The Bertz CT molecular complexity index is 597. The number of halogens is 3. The average Bonchev–Trinajstić information content (AvgIpc) is 2.88. The molecule has 1 aromatic rings. The molecule has 1 aliphatic rings. The van der Waals surface area contributed by atoms with Gasteiger partial charge in [0.25, 0.3) is 5.91 Å². The molecule has 0 fully saturated rings. The van der Waals surface area contributed by atoms with Gasteiger partial charge in [0, 0.05) is 33.2 Å². The monoisotopic (exact) mass is 350 g/mol. The Morgan fingerprint density at radius 3 is 2.25 bits per heavy atom. The lowest BCUT2D eigenvalue weighted by atomic mass is 10.2. The van der Waals surface area contributed by atoms with Crippen LogP contribution in [0, 0.1) is 0 Å². The Balaban J connectivity index is 0.000000351. The van der Waals surface area contributed by atoms with Gasteiger partial charge in [-0.15, -0.1) is 0 Å². The van der Waals surface area contributed by atoms with Gasteiger partial charge in [-0.1, -0.05) is 0 Å². The summed E-state index contributed by atoms with van der Waals surface area (Å²) in [6.45, 7) is 7.03. The summed E-state index contributed by atoms with van der Waals surface area (Å²) in [6, 6.07) is 0.522. The number of hydrogen-bond acceptors (Lipinski definition) is 4. The molecule has 0 saturated carbocycles. The van der Waals surface area contributed by atoms with Crippen LogP contribution in [0.1, 0.15) is 30.2 Å². The zero-order valence-corrected chi connectivity index (χ0v) is 14.0. The van der Waals surface area contributed by atoms with Crippen molar-refractivity contribution in [1.82, 2.24) is 19.4 Å². The van der Waals surface area contributed by atoms with Crippen LogP contribution in [0.2, 0.25) is 0 Å². The molecule has 1 amide bonds. The number of carboxylic acids is 1. The Kier molecular flexibility index (Phi) is 6.35. The van der Waals surface area contributed by atoms with Crippen LogP contribution in [-0.2, 0) is 17.9 Å². The number of hydrogen-bond donors (Lipinski definition) is 1. The van der Waals surface area contributed by atoms with E-state index in [-0.39, 0.29) is 5.91 Å². The smallest absolute Gasteiger partial charge is 0.475 e. The van der Waals surface area contributed by atoms with E-state index in [0.29, 0.717) is 11.7 Å². The first-order valence-electron chi connectivity index (χ1n) is 7.25. The standard InChI is InChI=1S/C12H20N4O.C2HF3O2/c1-9(2)15-5-6-16-10(12(17)14(3)4)7-13-11(16)8-15;3-2(4,5)1(6)7/h7,9H,5-6,8H2,1-4H3;(H,6,7). The minimum Gasteiger partial charge on any atom is -0.475 e. The van der Waals surface area contributed by atoms with Crippen LogP contribution in [-0.4, -0.2) is 69.2 Å². The van der Waals surface area contributed by atoms with Crippen molar-refractivity contribution in [2.24, 2.45) is 0 Å². The first-order valence-corrected chi connectivity index (χ1v) is 7.25. The van der Waals surface area contributed by atoms with E-state index >= 15 is 0 Å². The summed E-state index contributed by atoms with van der Waals surface area (Å²) in [6.07, 6.45) is -3.39. The van der Waals surface area contributed by atoms with Gasteiger partial charge in [-0.25, -0.2) is 9.78 Å². The Morgan fingerprint density at radius 2 is 1.83 bits per heavy atom. The van der Waals surface area contributed by atoms with E-state index in [0.717, 1.165) is 25.5 Å². The first kappa shape index (κ1) is 19.9. The van der Waals surface area contributed by atoms with Gasteiger partial charge in [0.2, 0.25) is 0 Å². The molecule has 0 aromatic carbocycles. The summed E-state index contributed by atoms with van der Waals surface area (Å²) in [7, 11) is 3.54. The SMILES string of the molecule is CC(C)N1CCn2c(C(=O)N(C)C)cnc2C1.O=C(O)C(F)(F)F. The highest BCUT2D eigenvalue weighted by Gasteiger charge is 2.38. The van der Waals surface area contributed by atoms with E-state index in [2.05, 4.69) is 23.7 Å². The summed E-state index contributed by atoms with van der Waals surface area (Å²) in [5.41, 5.74) is 0.702. The lowest BCUT2D eigenvalue weighted by molar-refractivity contribution is -0.192. The molecule has 1 aromatic heterocycles. The second-order valence-electron chi connectivity index (χ2n) is 5.78. The quantitative estimate of drug-likeness (QED) is 0.873. The van der Waals surface area contributed by atoms with Crippen molar-refractivity contribution >= 4 is 11.9 Å². The predicted octanol–water partition coefficient (Wildman–Crippen LogP) is 1.44. The molecule has 2 heterocycles. The highest BCUT2D eigenvalue weighted by atomic mass is 19.4. The van der Waals surface area contributed by atoms with Gasteiger partial charge in [-0.05, 0) is 13.8 Å². The second kappa shape index (κ2) is 7.65. The van der Waals surface area contributed by atoms with Crippen molar-refractivity contribution in [3.8, 4) is 0 Å². The minimum atomic E-state index is -5.08. The van der Waals surface area contributed by atoms with Gasteiger partial charge in [-0.3, -0.25) is 9.69 Å². The third-order valence-corrected chi connectivity index (χ3v) is 3.49. The van der Waals surface area contributed by atoms with Crippen molar-refractivity contribution in [1.29, 1.82) is 0 Å². The van der Waals surface area contributed by atoms with E-state index in [1.54, 1.807) is 25.2 Å². The van der Waals surface area contributed by atoms with E-state index in [1.807, 2.05) is 4.57 Å². The number of amides is 1. The fraction of sp³-hybridized carbons (Fsp3) is 0.643. The normalized spacial score (nSPS) is 14.7. The van der Waals surface area contributed by atoms with Crippen molar-refractivity contribution < 1.29 is 27.9 Å². The summed E-state index contributed by atoms with van der Waals surface area (Å²) in [4.78, 5) is 29.2. The van der Waals surface area contributed by atoms with E-state index in [4.69, 9.17) is 9.90 Å². The number of aromatic nitrogens is 2. The molecule has 0 aliphatic carbocycles. The maximum Gasteiger partial charge on any atom is 0.490 e. The highest BCUT2D eigenvalue weighted by molar-refractivity contribution is 5.92. The van der Waals surface area contributed by atoms with Gasteiger partial charge in [0.15, 0.2) is 0 Å². The number of rotatable bonds is 2. The average molecular weight is 350 g/mol. The Hall–Kier alpha value is -2.10. The lowest BCUT2D eigenvalue weighted by Crippen LogP contribution is -2.39. The molecule has 1 N–H and O–H groups in total. The highest BCUT2D eigenvalue weighted by Crippen LogP contribution is 2.17. The number of nitrogens with zero attached hydrogens (tertiary/aromatic N) is 4. The van der Waals surface area contributed by atoms with Crippen LogP contribution >= 0.6 is 0 Å². The number of imidazole rings is 1. The van der Waals surface area contributed by atoms with Crippen LogP contribution in [0.5, 0.6) is 0 Å². The van der Waals surface area contributed by atoms with Crippen molar-refractivity contribution in [2.45, 2.75) is 39.2 Å². The molecule has 0 saturated heterocycles. The van der Waals surface area contributed by atoms with Crippen molar-refractivity contribution in [3.63, 3.8) is 0 Å². The predicted molar refractivity (Wildman–Crippen MR) is 79.5 cm³/mol. The maximum absolute atomic E-state index is 11.9. The Labute approximate surface area is 137 Å². The zero-order valence-electron chi connectivity index (χ0n) is 14.0. The summed E-state index contributed by atoms with van der Waals surface area (Å²) in [5.74, 6) is -1.73. The molecule has 0 atom stereocenters. The Morgan fingerprint density at radius 1 is 1.29 bits per heavy atom. The molecule has 0 spiro atoms. The second-order valence-corrected chi connectivity index (χ2v) is 5.78. The number of carbonyl (C=O) groups is 2. The summed E-state index contributed by atoms with van der Waals surface area (Å²) < 4.78 is 33.8. The van der Waals surface area contributed by atoms with Crippen molar-refractivity contribution in [2.75, 3.05) is 20.6 Å². The van der Waals surface area contributed by atoms with Gasteiger partial charge in [0.1, 0.15) is 11.5 Å². The lowest BCUT2D eigenvalue weighted by Gasteiger charge is -2.31. The molecule has 2 rings (SSSR count). The van der Waals surface area contributed by atoms with Gasteiger partial charge in [-0.2, -0.15) is 13.2 Å². The molecular weight excluding hydrogens is 329 g/mol. The fourth-order valence-electron chi connectivity index (χ4n) is 2.12. The molecular formula is C14H21F3N4O3. The number of carboxylic acid groups (broad SMARTS) is 1. The van der Waals surface area contributed by atoms with E-state index < -0.39 is 12.1 Å². The van der Waals surface area contributed by atoms with Crippen molar-refractivity contribution in [3.05, 3.63) is 17.7 Å². The van der Waals surface area contributed by atoms with Crippen LogP contribution in [0.15, 0.2) is 6.20 Å². The molecule has 0 bridgehead atoms. The number of fused-ring (bicyclic) bond motifs is 1. The van der Waals surface area contributed by atoms with Crippen LogP contribution in [0.25, 0.3) is 0 Å². The fourth-order valence-corrected chi connectivity index (χ4v) is 2.12. The number of aliphatic carboxylic acids is 1. The number of carbonyl (C=O) groups excluding carboxylic acids is 1. The largest absolute Gasteiger partial charge is 0.490 e. The van der Waals surface area contributed by atoms with Gasteiger partial charge < -0.3 is 14.6 Å². The van der Waals surface area contributed by atoms with E-state index in [9.17, 15) is 18.0 Å². The molecule has 136 valence electrons. The van der Waals surface area contributed by atoms with Gasteiger partial charge in [0.05, 0.1) is 12.7 Å². The molecule has 7 nitrogen and oxygen atoms in total. The zero-order chi connectivity index (χ0) is 18.7. The molecule has 0 unspecified atom stereocenters. The summed E-state index contributed by atoms with van der Waals surface area (Å²) >= 11 is 0. The first-order chi connectivity index (χ1) is 10.9. The van der Waals surface area contributed by atoms with Crippen LogP contribution in [0.3, 0.4) is 0 Å². The third kappa shape index (κ3) is 4.95. The van der Waals surface area contributed by atoms with E-state index in [1.165, 1.54) is 0 Å². The third-order valence-electron chi connectivity index (χ3n) is 3.49.